The molecule has 0 aliphatic rings. The predicted molar refractivity (Wildman–Crippen MR) is 49.0 cm³/mol. The fourth-order valence-corrected chi connectivity index (χ4v) is 1.26. The lowest BCUT2D eigenvalue weighted by atomic mass is 10.1. The highest BCUT2D eigenvalue weighted by molar-refractivity contribution is 5.78. The fourth-order valence-electron chi connectivity index (χ4n) is 1.26. The maximum absolute atomic E-state index is 4.23. The molecule has 0 fully saturated rings. The van der Waals surface area contributed by atoms with E-state index < -0.39 is 0 Å². The summed E-state index contributed by atoms with van der Waals surface area (Å²) in [5.74, 6) is 0. The summed E-state index contributed by atoms with van der Waals surface area (Å²) in [7, 11) is 0. The molecule has 0 spiro atoms. The minimum atomic E-state index is 0.834. The molecule has 0 aromatic carbocycles. The van der Waals surface area contributed by atoms with Crippen molar-refractivity contribution >= 4 is 11.0 Å². The van der Waals surface area contributed by atoms with Crippen LogP contribution in [0.5, 0.6) is 0 Å². The Hall–Kier alpha value is -1.44. The first-order chi connectivity index (χ1) is 5.79. The lowest BCUT2D eigenvalue weighted by molar-refractivity contribution is 1.22. The zero-order valence-corrected chi connectivity index (χ0v) is 7.20. The Morgan fingerprint density at radius 1 is 1.17 bits per heavy atom. The van der Waals surface area contributed by atoms with Crippen LogP contribution in [-0.2, 0) is 0 Å². The molecule has 0 bridgehead atoms. The molecule has 0 aliphatic carbocycles. The van der Waals surface area contributed by atoms with Crippen molar-refractivity contribution in [1.82, 2.24) is 9.97 Å². The normalized spacial score (nSPS) is 10.5. The van der Waals surface area contributed by atoms with Gasteiger partial charge in [-0.3, -0.25) is 0 Å². The molecule has 0 saturated carbocycles. The van der Waals surface area contributed by atoms with E-state index in [0.29, 0.717) is 0 Å². The lowest BCUT2D eigenvalue weighted by Crippen LogP contribution is -1.88. The summed E-state index contributed by atoms with van der Waals surface area (Å²) in [6, 6.07) is 3.99. The highest BCUT2D eigenvalue weighted by atomic mass is 14.8. The van der Waals surface area contributed by atoms with Crippen molar-refractivity contribution < 1.29 is 0 Å². The Morgan fingerprint density at radius 2 is 2.00 bits per heavy atom. The Balaban J connectivity index is 2.91. The van der Waals surface area contributed by atoms with E-state index in [1.165, 1.54) is 11.1 Å². The molecular weight excluding hydrogens is 148 g/mol. The van der Waals surface area contributed by atoms with Gasteiger partial charge in [-0.1, -0.05) is 0 Å². The van der Waals surface area contributed by atoms with Gasteiger partial charge in [0, 0.05) is 17.8 Å². The topological polar surface area (TPSA) is 25.8 Å². The Labute approximate surface area is 71.3 Å². The molecule has 2 heteroatoms. The average molecular weight is 158 g/mol. The first-order valence-electron chi connectivity index (χ1n) is 3.96. The third-order valence-corrected chi connectivity index (χ3v) is 2.16. The molecule has 2 aromatic heterocycles. The van der Waals surface area contributed by atoms with Gasteiger partial charge in [0.1, 0.15) is 0 Å². The minimum absolute atomic E-state index is 0.834. The number of pyridine rings is 2. The summed E-state index contributed by atoms with van der Waals surface area (Å²) in [5, 5.41) is 1.15. The molecule has 2 heterocycles. The molecule has 60 valence electrons. The summed E-state index contributed by atoms with van der Waals surface area (Å²) >= 11 is 0. The third kappa shape index (κ3) is 0.961. The maximum Gasteiger partial charge on any atom is 0.159 e. The number of fused-ring (bicyclic) bond motifs is 1. The van der Waals surface area contributed by atoms with Crippen LogP contribution < -0.4 is 0 Å². The van der Waals surface area contributed by atoms with Crippen LogP contribution in [0, 0.1) is 13.8 Å². The van der Waals surface area contributed by atoms with E-state index >= 15 is 0 Å². The van der Waals surface area contributed by atoms with Gasteiger partial charge in [-0.25, -0.2) is 9.97 Å². The molecule has 0 unspecified atom stereocenters. The SMILES string of the molecule is Cc1cnc2ncccc2c1C. The number of aromatic nitrogens is 2. The largest absolute Gasteiger partial charge is 0.237 e. The predicted octanol–water partition coefficient (Wildman–Crippen LogP) is 2.25. The molecule has 2 rings (SSSR count). The van der Waals surface area contributed by atoms with Crippen molar-refractivity contribution in [3.05, 3.63) is 35.7 Å². The van der Waals surface area contributed by atoms with Crippen molar-refractivity contribution in [3.8, 4) is 0 Å². The zero-order valence-electron chi connectivity index (χ0n) is 7.20. The molecule has 12 heavy (non-hydrogen) atoms. The second kappa shape index (κ2) is 2.55. The number of hydrogen-bond donors (Lipinski definition) is 0. The summed E-state index contributed by atoms with van der Waals surface area (Å²) in [5.41, 5.74) is 3.32. The van der Waals surface area contributed by atoms with Crippen molar-refractivity contribution in [2.45, 2.75) is 13.8 Å². The quantitative estimate of drug-likeness (QED) is 0.587. The summed E-state index contributed by atoms with van der Waals surface area (Å²) in [4.78, 5) is 8.40. The average Bonchev–Trinajstić information content (AvgIpc) is 2.12. The van der Waals surface area contributed by atoms with E-state index in [4.69, 9.17) is 0 Å². The molecule has 2 nitrogen and oxygen atoms in total. The summed E-state index contributed by atoms with van der Waals surface area (Å²) in [6.07, 6.45) is 3.63. The molecule has 2 aromatic rings. The second-order valence-electron chi connectivity index (χ2n) is 2.94. The first kappa shape index (κ1) is 7.22. The van der Waals surface area contributed by atoms with Crippen LogP contribution in [0.1, 0.15) is 11.1 Å². The standard InChI is InChI=1S/C10H10N2/c1-7-6-12-10-9(8(7)2)4-3-5-11-10/h3-6H,1-2H3. The van der Waals surface area contributed by atoms with Crippen LogP contribution in [0.25, 0.3) is 11.0 Å². The molecule has 0 saturated heterocycles. The molecule has 0 atom stereocenters. The molecular formula is C10H10N2. The van der Waals surface area contributed by atoms with Gasteiger partial charge in [-0.15, -0.1) is 0 Å². The van der Waals surface area contributed by atoms with E-state index in [9.17, 15) is 0 Å². The van der Waals surface area contributed by atoms with Gasteiger partial charge in [-0.2, -0.15) is 0 Å². The lowest BCUT2D eigenvalue weighted by Gasteiger charge is -2.02. The van der Waals surface area contributed by atoms with Crippen LogP contribution in [-0.4, -0.2) is 9.97 Å². The van der Waals surface area contributed by atoms with Crippen LogP contribution in [0.4, 0.5) is 0 Å². The van der Waals surface area contributed by atoms with E-state index in [1.807, 2.05) is 12.3 Å². The van der Waals surface area contributed by atoms with E-state index in [1.54, 1.807) is 6.20 Å². The zero-order chi connectivity index (χ0) is 8.55. The summed E-state index contributed by atoms with van der Waals surface area (Å²) in [6.45, 7) is 4.16. The first-order valence-corrected chi connectivity index (χ1v) is 3.96. The van der Waals surface area contributed by atoms with E-state index in [0.717, 1.165) is 11.0 Å². The second-order valence-corrected chi connectivity index (χ2v) is 2.94. The number of rotatable bonds is 0. The molecule has 0 aliphatic heterocycles. The monoisotopic (exact) mass is 158 g/mol. The fraction of sp³-hybridized carbons (Fsp3) is 0.200. The van der Waals surface area contributed by atoms with Gasteiger partial charge in [0.05, 0.1) is 0 Å². The number of nitrogens with zero attached hydrogens (tertiary/aromatic N) is 2. The molecule has 0 radical (unpaired) electrons. The summed E-state index contributed by atoms with van der Waals surface area (Å²) < 4.78 is 0. The number of hydrogen-bond acceptors (Lipinski definition) is 2. The van der Waals surface area contributed by atoms with Gasteiger partial charge in [0.25, 0.3) is 0 Å². The third-order valence-electron chi connectivity index (χ3n) is 2.16. The van der Waals surface area contributed by atoms with Gasteiger partial charge in [0.2, 0.25) is 0 Å². The van der Waals surface area contributed by atoms with Crippen molar-refractivity contribution in [2.24, 2.45) is 0 Å². The Morgan fingerprint density at radius 3 is 2.83 bits per heavy atom. The van der Waals surface area contributed by atoms with Gasteiger partial charge >= 0.3 is 0 Å². The van der Waals surface area contributed by atoms with Gasteiger partial charge < -0.3 is 0 Å². The van der Waals surface area contributed by atoms with E-state index in [2.05, 4.69) is 29.9 Å². The van der Waals surface area contributed by atoms with Gasteiger partial charge in [0.15, 0.2) is 5.65 Å². The van der Waals surface area contributed by atoms with Crippen LogP contribution in [0.15, 0.2) is 24.5 Å². The smallest absolute Gasteiger partial charge is 0.159 e. The Kier molecular flexibility index (Phi) is 1.54. The molecule has 0 amide bonds. The maximum atomic E-state index is 4.23. The Bertz CT molecular complexity index is 421. The van der Waals surface area contributed by atoms with Gasteiger partial charge in [-0.05, 0) is 37.1 Å². The highest BCUT2D eigenvalue weighted by Gasteiger charge is 1.99. The van der Waals surface area contributed by atoms with Crippen LogP contribution >= 0.6 is 0 Å². The van der Waals surface area contributed by atoms with Crippen molar-refractivity contribution in [1.29, 1.82) is 0 Å². The number of aryl methyl sites for hydroxylation is 2. The minimum Gasteiger partial charge on any atom is -0.237 e. The van der Waals surface area contributed by atoms with Crippen molar-refractivity contribution in [2.75, 3.05) is 0 Å². The van der Waals surface area contributed by atoms with E-state index in [-0.39, 0.29) is 0 Å². The molecule has 0 N–H and O–H groups in total. The van der Waals surface area contributed by atoms with Crippen LogP contribution in [0.2, 0.25) is 0 Å². The van der Waals surface area contributed by atoms with Crippen molar-refractivity contribution in [3.63, 3.8) is 0 Å². The highest BCUT2D eigenvalue weighted by Crippen LogP contribution is 2.16. The van der Waals surface area contributed by atoms with Crippen LogP contribution in [0.3, 0.4) is 0 Å².